The highest BCUT2D eigenvalue weighted by Gasteiger charge is 2.44. The van der Waals surface area contributed by atoms with E-state index in [1.165, 1.54) is 50.8 Å². The molecule has 0 unspecified atom stereocenters. The molecule has 0 bridgehead atoms. The van der Waals surface area contributed by atoms with Crippen molar-refractivity contribution < 1.29 is 0 Å². The summed E-state index contributed by atoms with van der Waals surface area (Å²) in [7, 11) is 0. The van der Waals surface area contributed by atoms with Crippen LogP contribution in [0.1, 0.15) is 31.2 Å². The monoisotopic (exact) mass is 215 g/mol. The highest BCUT2D eigenvalue weighted by molar-refractivity contribution is 5.19. The largest absolute Gasteiger partial charge is 0.315 e. The molecule has 1 aromatic rings. The van der Waals surface area contributed by atoms with Gasteiger partial charge in [0.05, 0.1) is 0 Å². The molecule has 1 saturated heterocycles. The Balaban J connectivity index is 1.75. The van der Waals surface area contributed by atoms with E-state index in [-0.39, 0.29) is 0 Å². The van der Waals surface area contributed by atoms with Gasteiger partial charge in [-0.2, -0.15) is 0 Å². The Bertz CT molecular complexity index is 334. The first kappa shape index (κ1) is 10.3. The lowest BCUT2D eigenvalue weighted by atomic mass is 9.66. The maximum absolute atomic E-state index is 3.50. The van der Waals surface area contributed by atoms with Gasteiger partial charge in [-0.05, 0) is 30.7 Å². The average Bonchev–Trinajstić information content (AvgIpc) is 2.78. The Morgan fingerprint density at radius 3 is 2.31 bits per heavy atom. The first-order valence-electron chi connectivity index (χ1n) is 6.64. The predicted molar refractivity (Wildman–Crippen MR) is 67.4 cm³/mol. The molecular weight excluding hydrogens is 194 g/mol. The SMILES string of the molecule is c1ccc(CC2(C3CCCC3)CNC2)cc1. The first-order valence-corrected chi connectivity index (χ1v) is 6.64. The molecule has 1 aliphatic heterocycles. The molecule has 0 atom stereocenters. The Morgan fingerprint density at radius 2 is 1.75 bits per heavy atom. The zero-order chi connectivity index (χ0) is 10.8. The van der Waals surface area contributed by atoms with Crippen LogP contribution < -0.4 is 5.32 Å². The van der Waals surface area contributed by atoms with E-state index in [0.29, 0.717) is 5.41 Å². The fourth-order valence-corrected chi connectivity index (χ4v) is 3.54. The summed E-state index contributed by atoms with van der Waals surface area (Å²) in [6, 6.07) is 11.0. The van der Waals surface area contributed by atoms with Crippen molar-refractivity contribution in [1.82, 2.24) is 5.32 Å². The van der Waals surface area contributed by atoms with Gasteiger partial charge in [0.2, 0.25) is 0 Å². The lowest BCUT2D eigenvalue weighted by molar-refractivity contribution is 0.0812. The quantitative estimate of drug-likeness (QED) is 0.817. The number of rotatable bonds is 3. The summed E-state index contributed by atoms with van der Waals surface area (Å²) in [5.74, 6) is 0.981. The lowest BCUT2D eigenvalue weighted by Gasteiger charge is -2.48. The Hall–Kier alpha value is -0.820. The highest BCUT2D eigenvalue weighted by Crippen LogP contribution is 2.44. The summed E-state index contributed by atoms with van der Waals surface area (Å²) >= 11 is 0. The molecule has 1 saturated carbocycles. The molecule has 1 aromatic carbocycles. The minimum Gasteiger partial charge on any atom is -0.315 e. The van der Waals surface area contributed by atoms with Crippen LogP contribution >= 0.6 is 0 Å². The zero-order valence-corrected chi connectivity index (χ0v) is 9.91. The van der Waals surface area contributed by atoms with Gasteiger partial charge < -0.3 is 5.32 Å². The van der Waals surface area contributed by atoms with Crippen LogP contribution in [0.25, 0.3) is 0 Å². The average molecular weight is 215 g/mol. The summed E-state index contributed by atoms with van der Waals surface area (Å²) in [5, 5.41) is 3.50. The van der Waals surface area contributed by atoms with Crippen molar-refractivity contribution in [2.75, 3.05) is 13.1 Å². The Labute approximate surface area is 98.3 Å². The molecular formula is C15H21N. The molecule has 2 aliphatic rings. The molecule has 16 heavy (non-hydrogen) atoms. The van der Waals surface area contributed by atoms with Gasteiger partial charge in [0.15, 0.2) is 0 Å². The molecule has 0 aromatic heterocycles. The Kier molecular flexibility index (Phi) is 2.72. The van der Waals surface area contributed by atoms with Crippen molar-refractivity contribution in [2.45, 2.75) is 32.1 Å². The summed E-state index contributed by atoms with van der Waals surface area (Å²) in [4.78, 5) is 0. The van der Waals surface area contributed by atoms with Gasteiger partial charge in [0.1, 0.15) is 0 Å². The number of hydrogen-bond acceptors (Lipinski definition) is 1. The molecule has 1 heterocycles. The van der Waals surface area contributed by atoms with E-state index in [2.05, 4.69) is 35.6 Å². The molecule has 0 radical (unpaired) electrons. The van der Waals surface area contributed by atoms with E-state index in [1.807, 2.05) is 0 Å². The van der Waals surface area contributed by atoms with Crippen molar-refractivity contribution >= 4 is 0 Å². The molecule has 1 nitrogen and oxygen atoms in total. The smallest absolute Gasteiger partial charge is 0.00261 e. The zero-order valence-electron chi connectivity index (χ0n) is 9.91. The summed E-state index contributed by atoms with van der Waals surface area (Å²) < 4.78 is 0. The number of nitrogens with one attached hydrogen (secondary N) is 1. The normalized spacial score (nSPS) is 24.2. The van der Waals surface area contributed by atoms with E-state index >= 15 is 0 Å². The van der Waals surface area contributed by atoms with E-state index in [1.54, 1.807) is 0 Å². The van der Waals surface area contributed by atoms with Gasteiger partial charge in [0, 0.05) is 18.5 Å². The van der Waals surface area contributed by atoms with Crippen LogP contribution in [-0.2, 0) is 6.42 Å². The highest BCUT2D eigenvalue weighted by atomic mass is 15.0. The van der Waals surface area contributed by atoms with Crippen LogP contribution in [0, 0.1) is 11.3 Å². The van der Waals surface area contributed by atoms with Gasteiger partial charge in [-0.15, -0.1) is 0 Å². The third kappa shape index (κ3) is 1.78. The van der Waals surface area contributed by atoms with E-state index < -0.39 is 0 Å². The second-order valence-corrected chi connectivity index (χ2v) is 5.61. The lowest BCUT2D eigenvalue weighted by Crippen LogP contribution is -2.58. The van der Waals surface area contributed by atoms with Gasteiger partial charge in [-0.1, -0.05) is 43.2 Å². The van der Waals surface area contributed by atoms with Crippen molar-refractivity contribution in [2.24, 2.45) is 11.3 Å². The van der Waals surface area contributed by atoms with Crippen molar-refractivity contribution in [3.05, 3.63) is 35.9 Å². The number of benzene rings is 1. The molecule has 0 spiro atoms. The second kappa shape index (κ2) is 4.21. The van der Waals surface area contributed by atoms with Crippen LogP contribution in [0.15, 0.2) is 30.3 Å². The van der Waals surface area contributed by atoms with E-state index in [9.17, 15) is 0 Å². The van der Waals surface area contributed by atoms with Crippen LogP contribution in [0.3, 0.4) is 0 Å². The predicted octanol–water partition coefficient (Wildman–Crippen LogP) is 3.01. The maximum Gasteiger partial charge on any atom is 0.00261 e. The van der Waals surface area contributed by atoms with Crippen LogP contribution in [0.4, 0.5) is 0 Å². The second-order valence-electron chi connectivity index (χ2n) is 5.61. The topological polar surface area (TPSA) is 12.0 Å². The van der Waals surface area contributed by atoms with Crippen molar-refractivity contribution in [3.8, 4) is 0 Å². The molecule has 1 aliphatic carbocycles. The fraction of sp³-hybridized carbons (Fsp3) is 0.600. The molecule has 1 heteroatoms. The molecule has 3 rings (SSSR count). The molecule has 86 valence electrons. The number of hydrogen-bond donors (Lipinski definition) is 1. The van der Waals surface area contributed by atoms with Gasteiger partial charge in [-0.25, -0.2) is 0 Å². The summed E-state index contributed by atoms with van der Waals surface area (Å²) in [5.41, 5.74) is 2.12. The third-order valence-electron chi connectivity index (χ3n) is 4.57. The first-order chi connectivity index (χ1) is 7.89. The molecule has 2 fully saturated rings. The van der Waals surface area contributed by atoms with Gasteiger partial charge in [0.25, 0.3) is 0 Å². The van der Waals surface area contributed by atoms with Crippen LogP contribution in [-0.4, -0.2) is 13.1 Å². The minimum absolute atomic E-state index is 0.595. The minimum atomic E-state index is 0.595. The molecule has 0 amide bonds. The Morgan fingerprint density at radius 1 is 1.06 bits per heavy atom. The van der Waals surface area contributed by atoms with E-state index in [4.69, 9.17) is 0 Å². The van der Waals surface area contributed by atoms with Crippen LogP contribution in [0.5, 0.6) is 0 Å². The van der Waals surface area contributed by atoms with Gasteiger partial charge in [-0.3, -0.25) is 0 Å². The van der Waals surface area contributed by atoms with Crippen LogP contribution in [0.2, 0.25) is 0 Å². The van der Waals surface area contributed by atoms with Crippen molar-refractivity contribution in [1.29, 1.82) is 0 Å². The standard InChI is InChI=1S/C15H21N/c1-2-6-13(7-3-1)10-15(11-16-12-15)14-8-4-5-9-14/h1-3,6-7,14,16H,4-5,8-12H2. The fourth-order valence-electron chi connectivity index (χ4n) is 3.54. The summed E-state index contributed by atoms with van der Waals surface area (Å²) in [6.07, 6.45) is 7.14. The maximum atomic E-state index is 3.50. The van der Waals surface area contributed by atoms with Gasteiger partial charge >= 0.3 is 0 Å². The van der Waals surface area contributed by atoms with E-state index in [0.717, 1.165) is 5.92 Å². The summed E-state index contributed by atoms with van der Waals surface area (Å²) in [6.45, 7) is 2.49. The molecule has 1 N–H and O–H groups in total. The third-order valence-corrected chi connectivity index (χ3v) is 4.57. The van der Waals surface area contributed by atoms with Crippen molar-refractivity contribution in [3.63, 3.8) is 0 Å².